The van der Waals surface area contributed by atoms with E-state index in [0.29, 0.717) is 12.5 Å². The predicted octanol–water partition coefficient (Wildman–Crippen LogP) is 0.840. The highest BCUT2D eigenvalue weighted by Gasteiger charge is 2.32. The van der Waals surface area contributed by atoms with Crippen LogP contribution >= 0.6 is 0 Å². The van der Waals surface area contributed by atoms with Crippen molar-refractivity contribution in [3.8, 4) is 0 Å². The second-order valence-electron chi connectivity index (χ2n) is 4.11. The van der Waals surface area contributed by atoms with Crippen LogP contribution in [0.1, 0.15) is 25.7 Å². The van der Waals surface area contributed by atoms with Crippen molar-refractivity contribution in [2.24, 2.45) is 17.6 Å². The van der Waals surface area contributed by atoms with E-state index in [1.54, 1.807) is 4.90 Å². The number of nitrogens with zero attached hydrogens (tertiary/aromatic N) is 1. The minimum Gasteiger partial charge on any atom is -0.349 e. The number of amides is 1. The van der Waals surface area contributed by atoms with Gasteiger partial charge in [0, 0.05) is 20.0 Å². The molecule has 0 aromatic rings. The van der Waals surface area contributed by atoms with Gasteiger partial charge in [-0.1, -0.05) is 6.42 Å². The third-order valence-electron chi connectivity index (χ3n) is 2.95. The topological polar surface area (TPSA) is 46.3 Å². The Balaban J connectivity index is 2.52. The summed E-state index contributed by atoms with van der Waals surface area (Å²) >= 11 is 0. The van der Waals surface area contributed by atoms with E-state index in [-0.39, 0.29) is 11.8 Å². The van der Waals surface area contributed by atoms with Gasteiger partial charge in [-0.25, -0.2) is 0 Å². The van der Waals surface area contributed by atoms with E-state index in [1.165, 1.54) is 12.8 Å². The lowest BCUT2D eigenvalue weighted by Gasteiger charge is -2.21. The zero-order valence-corrected chi connectivity index (χ0v) is 8.62. The summed E-state index contributed by atoms with van der Waals surface area (Å²) in [5.74, 6) is 1.08. The average Bonchev–Trinajstić information content (AvgIpc) is 2.52. The van der Waals surface area contributed by atoms with Crippen LogP contribution in [-0.4, -0.2) is 31.4 Å². The van der Waals surface area contributed by atoms with Crippen LogP contribution in [0.2, 0.25) is 0 Å². The summed E-state index contributed by atoms with van der Waals surface area (Å²) in [4.78, 5) is 13.4. The van der Waals surface area contributed by atoms with Gasteiger partial charge in [0.1, 0.15) is 0 Å². The van der Waals surface area contributed by atoms with Crippen molar-refractivity contribution < 1.29 is 4.79 Å². The van der Waals surface area contributed by atoms with Crippen molar-refractivity contribution in [2.75, 3.05) is 20.6 Å². The molecule has 2 N–H and O–H groups in total. The molecule has 0 aliphatic heterocycles. The Kier molecular flexibility index (Phi) is 3.72. The summed E-state index contributed by atoms with van der Waals surface area (Å²) in [6.07, 6.45) is 4.43. The number of carbonyl (C=O) groups excluding carboxylic acids is 1. The Morgan fingerprint density at radius 1 is 1.46 bits per heavy atom. The van der Waals surface area contributed by atoms with Crippen LogP contribution in [0.4, 0.5) is 0 Å². The molecule has 0 radical (unpaired) electrons. The molecule has 0 aromatic heterocycles. The molecule has 1 rings (SSSR count). The van der Waals surface area contributed by atoms with Gasteiger partial charge < -0.3 is 10.6 Å². The molecule has 0 bridgehead atoms. The molecule has 1 saturated carbocycles. The van der Waals surface area contributed by atoms with Gasteiger partial charge in [0.15, 0.2) is 0 Å². The minimum atomic E-state index is 0.249. The van der Waals surface area contributed by atoms with Gasteiger partial charge in [-0.3, -0.25) is 4.79 Å². The molecule has 2 atom stereocenters. The van der Waals surface area contributed by atoms with Crippen molar-refractivity contribution >= 4 is 5.91 Å². The monoisotopic (exact) mass is 184 g/mol. The predicted molar refractivity (Wildman–Crippen MR) is 53.2 cm³/mol. The van der Waals surface area contributed by atoms with Crippen LogP contribution in [0.15, 0.2) is 0 Å². The largest absolute Gasteiger partial charge is 0.349 e. The molecule has 0 heterocycles. The first-order valence-electron chi connectivity index (χ1n) is 5.08. The van der Waals surface area contributed by atoms with Crippen LogP contribution in [-0.2, 0) is 4.79 Å². The highest BCUT2D eigenvalue weighted by atomic mass is 16.2. The zero-order chi connectivity index (χ0) is 9.84. The third-order valence-corrected chi connectivity index (χ3v) is 2.95. The fourth-order valence-electron chi connectivity index (χ4n) is 2.25. The highest BCUT2D eigenvalue weighted by molar-refractivity contribution is 5.78. The van der Waals surface area contributed by atoms with E-state index < -0.39 is 0 Å². The SMILES string of the molecule is CN(C)C(=O)C1CCCC1CCN. The van der Waals surface area contributed by atoms with Gasteiger partial charge in [0.25, 0.3) is 0 Å². The molecular weight excluding hydrogens is 164 g/mol. The highest BCUT2D eigenvalue weighted by Crippen LogP contribution is 2.34. The van der Waals surface area contributed by atoms with Crippen LogP contribution in [0, 0.1) is 11.8 Å². The molecule has 0 spiro atoms. The molecule has 0 aromatic carbocycles. The lowest BCUT2D eigenvalue weighted by molar-refractivity contribution is -0.134. The number of rotatable bonds is 3. The number of carbonyl (C=O) groups is 1. The maximum atomic E-state index is 11.7. The summed E-state index contributed by atoms with van der Waals surface area (Å²) in [6, 6.07) is 0. The summed E-state index contributed by atoms with van der Waals surface area (Å²) in [5, 5.41) is 0. The fourth-order valence-corrected chi connectivity index (χ4v) is 2.25. The van der Waals surface area contributed by atoms with E-state index in [9.17, 15) is 4.79 Å². The quantitative estimate of drug-likeness (QED) is 0.706. The van der Waals surface area contributed by atoms with Gasteiger partial charge in [-0.2, -0.15) is 0 Å². The van der Waals surface area contributed by atoms with Crippen molar-refractivity contribution in [3.05, 3.63) is 0 Å². The summed E-state index contributed by atoms with van der Waals surface area (Å²) < 4.78 is 0. The zero-order valence-electron chi connectivity index (χ0n) is 8.62. The summed E-state index contributed by atoms with van der Waals surface area (Å²) in [7, 11) is 3.67. The molecule has 3 nitrogen and oxygen atoms in total. The van der Waals surface area contributed by atoms with E-state index in [1.807, 2.05) is 14.1 Å². The van der Waals surface area contributed by atoms with Gasteiger partial charge in [0.2, 0.25) is 5.91 Å². The van der Waals surface area contributed by atoms with Gasteiger partial charge in [0.05, 0.1) is 0 Å². The Hall–Kier alpha value is -0.570. The molecular formula is C10H20N2O. The number of hydrogen-bond donors (Lipinski definition) is 1. The van der Waals surface area contributed by atoms with Crippen molar-refractivity contribution in [1.82, 2.24) is 4.90 Å². The average molecular weight is 184 g/mol. The Labute approximate surface area is 80.3 Å². The Bertz CT molecular complexity index is 180. The molecule has 13 heavy (non-hydrogen) atoms. The van der Waals surface area contributed by atoms with Crippen LogP contribution in [0.25, 0.3) is 0 Å². The van der Waals surface area contributed by atoms with Gasteiger partial charge in [-0.15, -0.1) is 0 Å². The first-order chi connectivity index (χ1) is 6.16. The molecule has 3 heteroatoms. The summed E-state index contributed by atoms with van der Waals surface area (Å²) in [5.41, 5.74) is 5.52. The standard InChI is InChI=1S/C10H20N2O/c1-12(2)10(13)9-5-3-4-8(9)6-7-11/h8-9H,3-7,11H2,1-2H3. The third kappa shape index (κ3) is 2.44. The molecule has 1 fully saturated rings. The van der Waals surface area contributed by atoms with Crippen LogP contribution in [0.3, 0.4) is 0 Å². The van der Waals surface area contributed by atoms with Crippen LogP contribution < -0.4 is 5.73 Å². The first-order valence-corrected chi connectivity index (χ1v) is 5.08. The van der Waals surface area contributed by atoms with Crippen molar-refractivity contribution in [1.29, 1.82) is 0 Å². The molecule has 76 valence electrons. The van der Waals surface area contributed by atoms with Gasteiger partial charge >= 0.3 is 0 Å². The van der Waals surface area contributed by atoms with Crippen molar-refractivity contribution in [3.63, 3.8) is 0 Å². The van der Waals surface area contributed by atoms with Crippen LogP contribution in [0.5, 0.6) is 0 Å². The van der Waals surface area contributed by atoms with E-state index in [4.69, 9.17) is 5.73 Å². The molecule has 0 saturated heterocycles. The molecule has 1 amide bonds. The Morgan fingerprint density at radius 3 is 2.69 bits per heavy atom. The smallest absolute Gasteiger partial charge is 0.225 e. The van der Waals surface area contributed by atoms with Crippen molar-refractivity contribution in [2.45, 2.75) is 25.7 Å². The Morgan fingerprint density at radius 2 is 2.15 bits per heavy atom. The maximum Gasteiger partial charge on any atom is 0.225 e. The van der Waals surface area contributed by atoms with E-state index in [0.717, 1.165) is 12.8 Å². The molecule has 1 aliphatic rings. The molecule has 1 aliphatic carbocycles. The maximum absolute atomic E-state index is 11.7. The normalized spacial score (nSPS) is 27.6. The van der Waals surface area contributed by atoms with E-state index >= 15 is 0 Å². The number of nitrogens with two attached hydrogens (primary N) is 1. The second kappa shape index (κ2) is 4.61. The lowest BCUT2D eigenvalue weighted by Crippen LogP contribution is -2.32. The summed E-state index contributed by atoms with van der Waals surface area (Å²) in [6.45, 7) is 0.710. The van der Waals surface area contributed by atoms with Gasteiger partial charge in [-0.05, 0) is 31.7 Å². The number of hydrogen-bond acceptors (Lipinski definition) is 2. The fraction of sp³-hybridized carbons (Fsp3) is 0.900. The molecule has 2 unspecified atom stereocenters. The minimum absolute atomic E-state index is 0.249. The van der Waals surface area contributed by atoms with E-state index in [2.05, 4.69) is 0 Å². The second-order valence-corrected chi connectivity index (χ2v) is 4.11. The lowest BCUT2D eigenvalue weighted by atomic mass is 9.92. The first kappa shape index (κ1) is 10.5.